The summed E-state index contributed by atoms with van der Waals surface area (Å²) in [7, 11) is -2.84. The fourth-order valence-corrected chi connectivity index (χ4v) is 7.38. The third-order valence-electron chi connectivity index (χ3n) is 10.8. The standard InChI is InChI=1S/C18H21BClNO4S.C12H9BrClNO2S.C6H12B2O2.C6H14O2/c1-17(2)18(3,4)25-19(24-17)13-5-9-15(10-6-13)21-26(22,23)16-11-7-14(20)8-12-16;13-9-1-5-11(6-2-9)15-18(16,17)12-7-3-10(14)4-8-12;1-5(2)6(3,4)10-8(7)9-5;1-5(2,7)6(3,4)8/h5-12,21H,1-4H3;1-8,15H;1-4H3;7-8H,1-4H3. The summed E-state index contributed by atoms with van der Waals surface area (Å²) in [5.74, 6) is 0. The van der Waals surface area contributed by atoms with Crippen molar-refractivity contribution in [3.8, 4) is 0 Å². The third-order valence-corrected chi connectivity index (χ3v) is 14.6. The van der Waals surface area contributed by atoms with Gasteiger partial charge in [-0.1, -0.05) is 51.3 Å². The van der Waals surface area contributed by atoms with Crippen LogP contribution in [0.3, 0.4) is 0 Å². The molecule has 4 aromatic carbocycles. The van der Waals surface area contributed by atoms with E-state index in [9.17, 15) is 16.8 Å². The number of anilines is 2. The largest absolute Gasteiger partial charge is 0.494 e. The molecule has 4 aromatic rings. The van der Waals surface area contributed by atoms with Crippen molar-refractivity contribution in [3.63, 3.8) is 0 Å². The molecule has 0 amide bonds. The average molecular weight is 996 g/mol. The zero-order valence-corrected chi connectivity index (χ0v) is 41.8. The minimum Gasteiger partial charge on any atom is -0.411 e. The van der Waals surface area contributed by atoms with Crippen molar-refractivity contribution in [3.05, 3.63) is 112 Å². The normalized spacial score (nSPS) is 17.6. The van der Waals surface area contributed by atoms with Gasteiger partial charge in [0.15, 0.2) is 0 Å². The molecule has 0 spiro atoms. The van der Waals surface area contributed by atoms with Gasteiger partial charge in [0.25, 0.3) is 20.0 Å². The van der Waals surface area contributed by atoms with Gasteiger partial charge in [-0.2, -0.15) is 0 Å². The molecule has 2 aliphatic heterocycles. The summed E-state index contributed by atoms with van der Waals surface area (Å²) in [6, 6.07) is 25.9. The Morgan fingerprint density at radius 3 is 1.11 bits per heavy atom. The van der Waals surface area contributed by atoms with Gasteiger partial charge < -0.3 is 28.8 Å². The van der Waals surface area contributed by atoms with Gasteiger partial charge in [-0.25, -0.2) is 16.8 Å². The Balaban J connectivity index is 0.000000245. The van der Waals surface area contributed by atoms with Crippen molar-refractivity contribution in [1.82, 2.24) is 0 Å². The van der Waals surface area contributed by atoms with Crippen molar-refractivity contribution < 1.29 is 45.7 Å². The van der Waals surface area contributed by atoms with Gasteiger partial charge in [-0.15, -0.1) is 0 Å². The highest BCUT2D eigenvalue weighted by atomic mass is 79.9. The van der Waals surface area contributed by atoms with Crippen LogP contribution in [0.1, 0.15) is 83.1 Å². The molecular weight excluding hydrogens is 940 g/mol. The van der Waals surface area contributed by atoms with Crippen LogP contribution >= 0.6 is 39.1 Å². The van der Waals surface area contributed by atoms with E-state index in [1.54, 1.807) is 76.2 Å². The summed E-state index contributed by atoms with van der Waals surface area (Å²) in [6.07, 6.45) is 0. The molecule has 2 fully saturated rings. The van der Waals surface area contributed by atoms with E-state index in [0.29, 0.717) is 21.4 Å². The van der Waals surface area contributed by atoms with E-state index < -0.39 is 56.6 Å². The van der Waals surface area contributed by atoms with E-state index in [0.717, 1.165) is 9.94 Å². The minimum absolute atomic E-state index is 0.150. The predicted octanol–water partition coefficient (Wildman–Crippen LogP) is 8.62. The highest BCUT2D eigenvalue weighted by Gasteiger charge is 2.52. The van der Waals surface area contributed by atoms with Crippen LogP contribution in [0.4, 0.5) is 11.4 Å². The van der Waals surface area contributed by atoms with Crippen LogP contribution < -0.4 is 14.9 Å². The fourth-order valence-electron chi connectivity index (χ4n) is 4.75. The van der Waals surface area contributed by atoms with E-state index in [4.69, 9.17) is 59.8 Å². The number of hydrogen-bond acceptors (Lipinski definition) is 10. The number of rotatable bonds is 8. The number of hydrogen-bond donors (Lipinski definition) is 4. The maximum atomic E-state index is 12.4. The van der Waals surface area contributed by atoms with Crippen LogP contribution in [0.25, 0.3) is 0 Å². The molecular formula is C42H56B3BrCl2N2O10S2. The summed E-state index contributed by atoms with van der Waals surface area (Å²) in [4.78, 5) is 0.326. The Bertz CT molecular complexity index is 2270. The Hall–Kier alpha value is -2.61. The average Bonchev–Trinajstić information content (AvgIpc) is 3.46. The molecule has 20 heteroatoms. The van der Waals surface area contributed by atoms with E-state index in [2.05, 4.69) is 25.4 Å². The molecule has 0 atom stereocenters. The number of halogens is 3. The van der Waals surface area contributed by atoms with Gasteiger partial charge in [0.1, 0.15) is 7.74 Å². The summed E-state index contributed by atoms with van der Waals surface area (Å²) in [5.41, 5.74) is -1.64. The van der Waals surface area contributed by atoms with E-state index in [1.807, 2.05) is 55.4 Å². The quantitative estimate of drug-likeness (QED) is 0.126. The lowest BCUT2D eigenvalue weighted by molar-refractivity contribution is -0.107. The Morgan fingerprint density at radius 2 is 0.839 bits per heavy atom. The molecule has 0 unspecified atom stereocenters. The Kier molecular flexibility index (Phi) is 17.6. The van der Waals surface area contributed by atoms with Gasteiger partial charge in [0.2, 0.25) is 0 Å². The molecule has 336 valence electrons. The molecule has 0 aromatic heterocycles. The molecule has 0 bridgehead atoms. The van der Waals surface area contributed by atoms with Gasteiger partial charge in [-0.3, -0.25) is 9.44 Å². The van der Waals surface area contributed by atoms with Gasteiger partial charge in [0, 0.05) is 25.9 Å². The summed E-state index contributed by atoms with van der Waals surface area (Å²) >= 11 is 14.8. The van der Waals surface area contributed by atoms with Crippen LogP contribution in [0, 0.1) is 0 Å². The first-order chi connectivity index (χ1) is 28.1. The first-order valence-electron chi connectivity index (χ1n) is 19.4. The lowest BCUT2D eigenvalue weighted by atomic mass is 9.63. The van der Waals surface area contributed by atoms with Crippen molar-refractivity contribution in [2.75, 3.05) is 9.44 Å². The Labute approximate surface area is 388 Å². The van der Waals surface area contributed by atoms with Gasteiger partial charge in [-0.05, 0) is 173 Å². The second kappa shape index (κ2) is 20.3. The van der Waals surface area contributed by atoms with Crippen LogP contribution in [0.2, 0.25) is 10.0 Å². The van der Waals surface area contributed by atoms with Crippen molar-refractivity contribution in [1.29, 1.82) is 0 Å². The smallest absolute Gasteiger partial charge is 0.411 e. The fraction of sp³-hybridized carbons (Fsp3) is 0.429. The predicted molar refractivity (Wildman–Crippen MR) is 255 cm³/mol. The number of sulfonamides is 2. The maximum absolute atomic E-state index is 12.4. The van der Waals surface area contributed by atoms with Crippen molar-refractivity contribution >= 4 is 97.9 Å². The number of aliphatic hydroxyl groups is 2. The lowest BCUT2D eigenvalue weighted by Crippen LogP contribution is -2.44. The molecule has 62 heavy (non-hydrogen) atoms. The van der Waals surface area contributed by atoms with Gasteiger partial charge in [0.05, 0.1) is 43.4 Å². The minimum atomic E-state index is -3.67. The molecule has 12 nitrogen and oxygen atoms in total. The lowest BCUT2D eigenvalue weighted by Gasteiger charge is -2.32. The second-order valence-electron chi connectivity index (χ2n) is 17.6. The van der Waals surface area contributed by atoms with E-state index in [-0.39, 0.29) is 21.0 Å². The topological polar surface area (TPSA) is 170 Å². The summed E-state index contributed by atoms with van der Waals surface area (Å²) in [5, 5.41) is 19.2. The number of nitrogens with one attached hydrogen (secondary N) is 2. The molecule has 2 aliphatic rings. The van der Waals surface area contributed by atoms with Crippen molar-refractivity contribution in [2.45, 2.75) is 126 Å². The van der Waals surface area contributed by atoms with E-state index in [1.165, 1.54) is 48.5 Å². The molecule has 0 saturated carbocycles. The maximum Gasteiger partial charge on any atom is 0.494 e. The number of benzene rings is 4. The van der Waals surface area contributed by atoms with Crippen LogP contribution in [-0.4, -0.2) is 82.5 Å². The zero-order valence-electron chi connectivity index (χ0n) is 37.1. The first kappa shape index (κ1) is 53.7. The highest BCUT2D eigenvalue weighted by Crippen LogP contribution is 2.37. The third kappa shape index (κ3) is 15.0. The Morgan fingerprint density at radius 1 is 0.548 bits per heavy atom. The zero-order chi connectivity index (χ0) is 47.3. The SMILES string of the molecule is CC(C)(O)C(C)(C)O.CC1(C)OB(c2ccc(NS(=O)(=O)c3ccc(Cl)cc3)cc2)OC1(C)C.O=S(=O)(Nc1ccc(Br)cc1)c1ccc(Cl)cc1.[B]B1OC(C)(C)C(C)(C)O1. The van der Waals surface area contributed by atoms with Crippen LogP contribution in [0.5, 0.6) is 0 Å². The monoisotopic (exact) mass is 994 g/mol. The molecule has 0 aliphatic carbocycles. The molecule has 4 N–H and O–H groups in total. The van der Waals surface area contributed by atoms with E-state index >= 15 is 0 Å². The summed E-state index contributed by atoms with van der Waals surface area (Å²) < 4.78 is 77.5. The van der Waals surface area contributed by atoms with Crippen LogP contribution in [0.15, 0.2) is 111 Å². The first-order valence-corrected chi connectivity index (χ1v) is 23.9. The van der Waals surface area contributed by atoms with Crippen molar-refractivity contribution in [2.24, 2.45) is 0 Å². The molecule has 2 saturated heterocycles. The molecule has 6 rings (SSSR count). The highest BCUT2D eigenvalue weighted by molar-refractivity contribution is 9.10. The summed E-state index contributed by atoms with van der Waals surface area (Å²) in [6.45, 7) is 22.1. The van der Waals surface area contributed by atoms with Crippen LogP contribution in [-0.2, 0) is 38.7 Å². The van der Waals surface area contributed by atoms with Gasteiger partial charge >= 0.3 is 14.1 Å². The second-order valence-corrected chi connectivity index (χ2v) is 22.7. The molecule has 2 radical (unpaired) electrons. The molecule has 2 heterocycles.